The summed E-state index contributed by atoms with van der Waals surface area (Å²) in [7, 11) is 1.56. The van der Waals surface area contributed by atoms with Crippen molar-refractivity contribution >= 4 is 17.6 Å². The van der Waals surface area contributed by atoms with Crippen LogP contribution in [0.25, 0.3) is 0 Å². The van der Waals surface area contributed by atoms with E-state index in [1.807, 2.05) is 56.3 Å². The fraction of sp³-hybridized carbons (Fsp3) is 0.333. The Kier molecular flexibility index (Phi) is 8.12. The number of aryl methyl sites for hydroxylation is 1. The standard InChI is InChI=1S/C27H31N3O6/c1-19-6-4-8-23(20(19)2)28-27(32)29(11-13-33-3)17-26(31)30(16-22-7-5-12-34-22)15-21-9-10-24-25(14-21)36-18-35-24/h4-10,12,14H,11,13,15-18H2,1-3H3,(H,28,32). The number of carbonyl (C=O) groups excluding carboxylic acids is 2. The summed E-state index contributed by atoms with van der Waals surface area (Å²) in [6.45, 7) is 5.13. The minimum atomic E-state index is -0.366. The van der Waals surface area contributed by atoms with Crippen LogP contribution >= 0.6 is 0 Å². The number of methoxy groups -OCH3 is 1. The first-order valence-corrected chi connectivity index (χ1v) is 11.7. The number of ether oxygens (including phenoxy) is 3. The molecule has 0 atom stereocenters. The van der Waals surface area contributed by atoms with Crippen LogP contribution in [0.3, 0.4) is 0 Å². The fourth-order valence-electron chi connectivity index (χ4n) is 3.88. The third kappa shape index (κ3) is 6.17. The summed E-state index contributed by atoms with van der Waals surface area (Å²) in [5.41, 5.74) is 3.64. The Balaban J connectivity index is 1.51. The molecule has 2 aromatic carbocycles. The van der Waals surface area contributed by atoms with E-state index in [0.717, 1.165) is 16.7 Å². The Morgan fingerprint density at radius 3 is 2.61 bits per heavy atom. The van der Waals surface area contributed by atoms with Crippen LogP contribution in [0.2, 0.25) is 0 Å². The highest BCUT2D eigenvalue weighted by atomic mass is 16.7. The van der Waals surface area contributed by atoms with E-state index >= 15 is 0 Å². The van der Waals surface area contributed by atoms with Crippen LogP contribution in [0.4, 0.5) is 10.5 Å². The van der Waals surface area contributed by atoms with Crippen molar-refractivity contribution in [2.75, 3.05) is 38.9 Å². The maximum Gasteiger partial charge on any atom is 0.322 e. The third-order valence-electron chi connectivity index (χ3n) is 6.11. The summed E-state index contributed by atoms with van der Waals surface area (Å²) < 4.78 is 21.6. The van der Waals surface area contributed by atoms with E-state index in [4.69, 9.17) is 18.6 Å². The van der Waals surface area contributed by atoms with Crippen molar-refractivity contribution in [2.45, 2.75) is 26.9 Å². The number of fused-ring (bicyclic) bond motifs is 1. The summed E-state index contributed by atoms with van der Waals surface area (Å²) in [6.07, 6.45) is 1.57. The molecular formula is C27H31N3O6. The summed E-state index contributed by atoms with van der Waals surface area (Å²) in [5.74, 6) is 1.74. The van der Waals surface area contributed by atoms with Crippen LogP contribution < -0.4 is 14.8 Å². The first-order chi connectivity index (χ1) is 17.4. The summed E-state index contributed by atoms with van der Waals surface area (Å²) in [4.78, 5) is 29.8. The van der Waals surface area contributed by atoms with Crippen molar-refractivity contribution in [1.82, 2.24) is 9.80 Å². The molecule has 0 fully saturated rings. The number of hydrogen-bond acceptors (Lipinski definition) is 6. The lowest BCUT2D eigenvalue weighted by Crippen LogP contribution is -2.45. The van der Waals surface area contributed by atoms with Gasteiger partial charge in [0, 0.05) is 25.9 Å². The van der Waals surface area contributed by atoms with Gasteiger partial charge in [0.2, 0.25) is 12.7 Å². The summed E-state index contributed by atoms with van der Waals surface area (Å²) in [6, 6.07) is 14.5. The topological polar surface area (TPSA) is 93.5 Å². The number of nitrogens with zero attached hydrogens (tertiary/aromatic N) is 2. The van der Waals surface area contributed by atoms with Crippen molar-refractivity contribution in [3.63, 3.8) is 0 Å². The third-order valence-corrected chi connectivity index (χ3v) is 6.11. The van der Waals surface area contributed by atoms with Gasteiger partial charge in [-0.05, 0) is 60.9 Å². The largest absolute Gasteiger partial charge is 0.467 e. The van der Waals surface area contributed by atoms with Crippen LogP contribution in [0.15, 0.2) is 59.2 Å². The fourth-order valence-corrected chi connectivity index (χ4v) is 3.88. The molecule has 1 aliphatic rings. The van der Waals surface area contributed by atoms with Gasteiger partial charge >= 0.3 is 6.03 Å². The zero-order valence-corrected chi connectivity index (χ0v) is 20.8. The van der Waals surface area contributed by atoms with Crippen molar-refractivity contribution in [2.24, 2.45) is 0 Å². The molecule has 2 heterocycles. The Labute approximate surface area is 210 Å². The normalized spacial score (nSPS) is 11.9. The molecule has 4 rings (SSSR count). The van der Waals surface area contributed by atoms with Crippen LogP contribution in [0.5, 0.6) is 11.5 Å². The quantitative estimate of drug-likeness (QED) is 0.452. The van der Waals surface area contributed by atoms with Gasteiger partial charge in [0.05, 0.1) is 19.4 Å². The molecule has 0 radical (unpaired) electrons. The van der Waals surface area contributed by atoms with Crippen molar-refractivity contribution in [1.29, 1.82) is 0 Å². The van der Waals surface area contributed by atoms with Crippen LogP contribution in [0, 0.1) is 13.8 Å². The molecule has 9 nitrogen and oxygen atoms in total. The van der Waals surface area contributed by atoms with Crippen molar-refractivity contribution in [3.8, 4) is 11.5 Å². The van der Waals surface area contributed by atoms with E-state index in [9.17, 15) is 9.59 Å². The molecule has 0 unspecified atom stereocenters. The number of anilines is 1. The smallest absolute Gasteiger partial charge is 0.322 e. The predicted octanol–water partition coefficient (Wildman–Crippen LogP) is 4.33. The minimum absolute atomic E-state index is 0.120. The number of furan rings is 1. The molecule has 0 bridgehead atoms. The van der Waals surface area contributed by atoms with Gasteiger partial charge in [0.25, 0.3) is 0 Å². The first-order valence-electron chi connectivity index (χ1n) is 11.7. The van der Waals surface area contributed by atoms with E-state index < -0.39 is 0 Å². The average molecular weight is 494 g/mol. The highest BCUT2D eigenvalue weighted by Crippen LogP contribution is 2.33. The van der Waals surface area contributed by atoms with E-state index in [-0.39, 0.29) is 38.4 Å². The Bertz CT molecular complexity index is 1190. The van der Waals surface area contributed by atoms with Gasteiger partial charge in [-0.25, -0.2) is 4.79 Å². The molecule has 36 heavy (non-hydrogen) atoms. The average Bonchev–Trinajstić information content (AvgIpc) is 3.55. The maximum atomic E-state index is 13.5. The molecule has 3 amide bonds. The number of benzene rings is 2. The van der Waals surface area contributed by atoms with Gasteiger partial charge in [-0.2, -0.15) is 0 Å². The highest BCUT2D eigenvalue weighted by Gasteiger charge is 2.24. The van der Waals surface area contributed by atoms with Gasteiger partial charge < -0.3 is 33.7 Å². The molecule has 0 spiro atoms. The zero-order valence-electron chi connectivity index (χ0n) is 20.8. The molecule has 0 saturated heterocycles. The number of nitrogens with one attached hydrogen (secondary N) is 1. The second-order valence-corrected chi connectivity index (χ2v) is 8.61. The summed E-state index contributed by atoms with van der Waals surface area (Å²) >= 11 is 0. The van der Waals surface area contributed by atoms with Gasteiger partial charge in [0.1, 0.15) is 12.3 Å². The van der Waals surface area contributed by atoms with E-state index in [1.54, 1.807) is 24.3 Å². The molecule has 1 aromatic heterocycles. The van der Waals surface area contributed by atoms with Crippen molar-refractivity contribution in [3.05, 3.63) is 77.2 Å². The minimum Gasteiger partial charge on any atom is -0.467 e. The molecule has 3 aromatic rings. The van der Waals surface area contributed by atoms with Gasteiger partial charge in [-0.15, -0.1) is 0 Å². The van der Waals surface area contributed by atoms with Gasteiger partial charge in [-0.1, -0.05) is 18.2 Å². The number of urea groups is 1. The molecule has 1 aliphatic heterocycles. The highest BCUT2D eigenvalue weighted by molar-refractivity contribution is 5.93. The lowest BCUT2D eigenvalue weighted by Gasteiger charge is -2.27. The molecule has 9 heteroatoms. The lowest BCUT2D eigenvalue weighted by atomic mass is 10.1. The Morgan fingerprint density at radius 1 is 1.00 bits per heavy atom. The molecule has 0 saturated carbocycles. The van der Waals surface area contributed by atoms with Gasteiger partial charge in [-0.3, -0.25) is 4.79 Å². The number of hydrogen-bond donors (Lipinski definition) is 1. The van der Waals surface area contributed by atoms with E-state index in [0.29, 0.717) is 36.1 Å². The molecule has 1 N–H and O–H groups in total. The second-order valence-electron chi connectivity index (χ2n) is 8.61. The lowest BCUT2D eigenvalue weighted by molar-refractivity contribution is -0.133. The molecular weight excluding hydrogens is 462 g/mol. The Hall–Kier alpha value is -3.98. The first kappa shape index (κ1) is 25.1. The molecule has 190 valence electrons. The second kappa shape index (κ2) is 11.6. The van der Waals surface area contributed by atoms with E-state index in [2.05, 4.69) is 5.32 Å². The maximum absolute atomic E-state index is 13.5. The number of rotatable bonds is 10. The zero-order chi connectivity index (χ0) is 25.5. The number of amides is 3. The monoisotopic (exact) mass is 493 g/mol. The van der Waals surface area contributed by atoms with Crippen LogP contribution in [-0.2, 0) is 22.6 Å². The van der Waals surface area contributed by atoms with E-state index in [1.165, 1.54) is 4.90 Å². The van der Waals surface area contributed by atoms with Gasteiger partial charge in [0.15, 0.2) is 11.5 Å². The molecule has 0 aliphatic carbocycles. The van der Waals surface area contributed by atoms with Crippen LogP contribution in [0.1, 0.15) is 22.5 Å². The van der Waals surface area contributed by atoms with Crippen LogP contribution in [-0.4, -0.2) is 55.3 Å². The Morgan fingerprint density at radius 2 is 1.83 bits per heavy atom. The summed E-state index contributed by atoms with van der Waals surface area (Å²) in [5, 5.41) is 2.94. The predicted molar refractivity (Wildman–Crippen MR) is 134 cm³/mol. The van der Waals surface area contributed by atoms with Crippen molar-refractivity contribution < 1.29 is 28.2 Å². The number of carbonyl (C=O) groups is 2. The SMILES string of the molecule is COCCN(CC(=O)N(Cc1ccc2c(c1)OCO2)Cc1ccco1)C(=O)Nc1cccc(C)c1C.